The number of allylic oxidation sites excluding steroid dienone is 6. The topological polar surface area (TPSA) is 43.4 Å². The molecule has 1 saturated heterocycles. The van der Waals surface area contributed by atoms with Crippen molar-refractivity contribution in [1.82, 2.24) is 0 Å². The van der Waals surface area contributed by atoms with Gasteiger partial charge in [0, 0.05) is 29.6 Å². The van der Waals surface area contributed by atoms with E-state index in [0.717, 1.165) is 32.1 Å². The smallest absolute Gasteiger partial charge is 0.306 e. The number of esters is 1. The zero-order valence-corrected chi connectivity index (χ0v) is 15.1. The third-order valence-corrected chi connectivity index (χ3v) is 8.24. The number of carbonyl (C=O) groups is 2. The number of fused-ring (bicyclic) bond motifs is 6. The van der Waals surface area contributed by atoms with E-state index in [2.05, 4.69) is 32.1 Å². The van der Waals surface area contributed by atoms with Gasteiger partial charge in [-0.05, 0) is 49.7 Å². The molecule has 0 bridgehead atoms. The molecule has 132 valence electrons. The quantitative estimate of drug-likeness (QED) is 0.489. The van der Waals surface area contributed by atoms with Gasteiger partial charge in [-0.25, -0.2) is 0 Å². The van der Waals surface area contributed by atoms with Gasteiger partial charge in [0.1, 0.15) is 5.60 Å². The zero-order valence-electron chi connectivity index (χ0n) is 15.1. The van der Waals surface area contributed by atoms with E-state index in [-0.39, 0.29) is 28.2 Å². The first kappa shape index (κ1) is 15.6. The minimum Gasteiger partial charge on any atom is -0.458 e. The molecule has 1 saturated carbocycles. The molecule has 5 atom stereocenters. The van der Waals surface area contributed by atoms with Gasteiger partial charge >= 0.3 is 5.97 Å². The van der Waals surface area contributed by atoms with Gasteiger partial charge < -0.3 is 4.74 Å². The minimum atomic E-state index is -0.246. The van der Waals surface area contributed by atoms with Crippen LogP contribution in [0.1, 0.15) is 58.8 Å². The van der Waals surface area contributed by atoms with Crippen molar-refractivity contribution < 1.29 is 14.3 Å². The molecular weight excluding hydrogens is 312 g/mol. The van der Waals surface area contributed by atoms with E-state index in [1.54, 1.807) is 0 Å². The first-order valence-corrected chi connectivity index (χ1v) is 9.74. The van der Waals surface area contributed by atoms with Crippen LogP contribution in [-0.2, 0) is 14.3 Å². The maximum absolute atomic E-state index is 11.9. The lowest BCUT2D eigenvalue weighted by Gasteiger charge is -2.52. The van der Waals surface area contributed by atoms with Crippen molar-refractivity contribution in [2.45, 2.75) is 64.4 Å². The van der Waals surface area contributed by atoms with Crippen LogP contribution >= 0.6 is 0 Å². The van der Waals surface area contributed by atoms with Crippen molar-refractivity contribution in [1.29, 1.82) is 0 Å². The molecule has 5 aliphatic rings. The molecule has 4 aliphatic carbocycles. The Kier molecular flexibility index (Phi) is 2.96. The number of hydrogen-bond acceptors (Lipinski definition) is 3. The number of hydrogen-bond donors (Lipinski definition) is 0. The Balaban J connectivity index is 1.58. The Bertz CT molecular complexity index is 772. The molecule has 0 N–H and O–H groups in total. The van der Waals surface area contributed by atoms with Crippen molar-refractivity contribution in [2.24, 2.45) is 22.7 Å². The Morgan fingerprint density at radius 1 is 1.12 bits per heavy atom. The molecule has 1 heterocycles. The van der Waals surface area contributed by atoms with E-state index in [9.17, 15) is 9.59 Å². The van der Waals surface area contributed by atoms with E-state index in [1.807, 2.05) is 6.08 Å². The molecule has 0 aromatic rings. The summed E-state index contributed by atoms with van der Waals surface area (Å²) in [5.74, 6) is 1.20. The van der Waals surface area contributed by atoms with Crippen LogP contribution in [0.25, 0.3) is 0 Å². The van der Waals surface area contributed by atoms with Crippen LogP contribution < -0.4 is 0 Å². The van der Waals surface area contributed by atoms with Gasteiger partial charge in [-0.2, -0.15) is 0 Å². The second-order valence-electron chi connectivity index (χ2n) is 9.18. The molecule has 0 radical (unpaired) electrons. The van der Waals surface area contributed by atoms with Crippen molar-refractivity contribution in [3.05, 3.63) is 35.5 Å². The van der Waals surface area contributed by atoms with E-state index in [1.165, 1.54) is 11.1 Å². The van der Waals surface area contributed by atoms with Gasteiger partial charge in [0.25, 0.3) is 0 Å². The molecule has 1 aliphatic heterocycles. The van der Waals surface area contributed by atoms with Gasteiger partial charge in [0.05, 0.1) is 0 Å². The van der Waals surface area contributed by atoms with E-state index >= 15 is 0 Å². The lowest BCUT2D eigenvalue weighted by molar-refractivity contribution is -0.159. The maximum atomic E-state index is 11.9. The molecule has 2 fully saturated rings. The van der Waals surface area contributed by atoms with Crippen LogP contribution in [0.2, 0.25) is 0 Å². The molecule has 0 aromatic heterocycles. The van der Waals surface area contributed by atoms with Crippen molar-refractivity contribution in [3.8, 4) is 0 Å². The molecule has 0 amide bonds. The highest BCUT2D eigenvalue weighted by atomic mass is 16.6. The fraction of sp³-hybridized carbons (Fsp3) is 0.636. The van der Waals surface area contributed by atoms with Gasteiger partial charge in [-0.15, -0.1) is 0 Å². The van der Waals surface area contributed by atoms with Crippen LogP contribution in [0.4, 0.5) is 0 Å². The lowest BCUT2D eigenvalue weighted by atomic mass is 9.52. The predicted molar refractivity (Wildman–Crippen MR) is 94.6 cm³/mol. The summed E-state index contributed by atoms with van der Waals surface area (Å²) in [7, 11) is 0. The number of ether oxygens (including phenoxy) is 1. The molecule has 3 nitrogen and oxygen atoms in total. The van der Waals surface area contributed by atoms with Crippen molar-refractivity contribution in [3.63, 3.8) is 0 Å². The van der Waals surface area contributed by atoms with Crippen LogP contribution in [0, 0.1) is 22.7 Å². The molecule has 3 heteroatoms. The summed E-state index contributed by atoms with van der Waals surface area (Å²) in [6.07, 6.45) is 15.0. The Hall–Kier alpha value is -1.64. The van der Waals surface area contributed by atoms with Crippen molar-refractivity contribution in [2.75, 3.05) is 0 Å². The molecule has 25 heavy (non-hydrogen) atoms. The largest absolute Gasteiger partial charge is 0.458 e. The SMILES string of the molecule is C[C@]12CCC(=O)C=C1C=CC1C2=CC[C@@]2(C)[C@H]1CC[C@]21CCC(=O)O1. The van der Waals surface area contributed by atoms with E-state index < -0.39 is 0 Å². The summed E-state index contributed by atoms with van der Waals surface area (Å²) in [4.78, 5) is 23.8. The van der Waals surface area contributed by atoms with Crippen LogP contribution in [0.15, 0.2) is 35.5 Å². The van der Waals surface area contributed by atoms with Gasteiger partial charge in [0.2, 0.25) is 0 Å². The fourth-order valence-electron chi connectivity index (χ4n) is 6.62. The maximum Gasteiger partial charge on any atom is 0.306 e. The highest BCUT2D eigenvalue weighted by Gasteiger charge is 2.64. The monoisotopic (exact) mass is 338 g/mol. The first-order chi connectivity index (χ1) is 11.9. The van der Waals surface area contributed by atoms with Crippen molar-refractivity contribution >= 4 is 11.8 Å². The Morgan fingerprint density at radius 2 is 1.96 bits per heavy atom. The average Bonchev–Trinajstić information content (AvgIpc) is 3.10. The highest BCUT2D eigenvalue weighted by Crippen LogP contribution is 2.66. The predicted octanol–water partition coefficient (Wildman–Crippen LogP) is 4.29. The minimum absolute atomic E-state index is 0.0107. The molecule has 1 spiro atoms. The highest BCUT2D eigenvalue weighted by molar-refractivity contribution is 5.92. The van der Waals surface area contributed by atoms with Gasteiger partial charge in [-0.3, -0.25) is 9.59 Å². The normalized spacial score (nSPS) is 47.8. The van der Waals surface area contributed by atoms with E-state index in [0.29, 0.717) is 24.7 Å². The number of carbonyl (C=O) groups excluding carboxylic acids is 2. The fourth-order valence-corrected chi connectivity index (χ4v) is 6.62. The first-order valence-electron chi connectivity index (χ1n) is 9.74. The second-order valence-corrected chi connectivity index (χ2v) is 9.18. The summed E-state index contributed by atoms with van der Waals surface area (Å²) in [6.45, 7) is 4.67. The standard InChI is InChI=1S/C22H26O3/c1-20-9-5-15(23)13-14(20)3-4-16-17(20)6-10-21(2)18(16)7-11-22(21)12-8-19(24)25-22/h3-4,6,13,16,18H,5,7-12H2,1-2H3/t16?,18-,20-,21-,22-/m0/s1. The molecule has 0 aromatic carbocycles. The third-order valence-electron chi connectivity index (χ3n) is 8.24. The third kappa shape index (κ3) is 1.82. The Morgan fingerprint density at radius 3 is 2.72 bits per heavy atom. The van der Waals surface area contributed by atoms with Gasteiger partial charge in [-0.1, -0.05) is 37.6 Å². The molecule has 1 unspecified atom stereocenters. The number of ketones is 1. The summed E-state index contributed by atoms with van der Waals surface area (Å²) < 4.78 is 5.96. The van der Waals surface area contributed by atoms with E-state index in [4.69, 9.17) is 4.74 Å². The average molecular weight is 338 g/mol. The second kappa shape index (κ2) is 4.75. The summed E-state index contributed by atoms with van der Waals surface area (Å²) in [5, 5.41) is 0. The summed E-state index contributed by atoms with van der Waals surface area (Å²) >= 11 is 0. The summed E-state index contributed by atoms with van der Waals surface area (Å²) in [5.41, 5.74) is 2.51. The molecule has 5 rings (SSSR count). The Labute approximate surface area is 149 Å². The summed E-state index contributed by atoms with van der Waals surface area (Å²) in [6, 6.07) is 0. The lowest BCUT2D eigenvalue weighted by Crippen LogP contribution is -2.50. The van der Waals surface area contributed by atoms with Crippen LogP contribution in [0.3, 0.4) is 0 Å². The van der Waals surface area contributed by atoms with Crippen LogP contribution in [-0.4, -0.2) is 17.4 Å². The van der Waals surface area contributed by atoms with Gasteiger partial charge in [0.15, 0.2) is 5.78 Å². The number of rotatable bonds is 0. The van der Waals surface area contributed by atoms with Crippen LogP contribution in [0.5, 0.6) is 0 Å². The zero-order chi connectivity index (χ0) is 17.4. The molecular formula is C22H26O3.